The van der Waals surface area contributed by atoms with Crippen LogP contribution in [-0.4, -0.2) is 9.97 Å². The molecule has 3 aromatic rings. The van der Waals surface area contributed by atoms with E-state index in [0.717, 1.165) is 17.0 Å². The van der Waals surface area contributed by atoms with Gasteiger partial charge in [0.25, 0.3) is 0 Å². The van der Waals surface area contributed by atoms with Gasteiger partial charge < -0.3 is 4.74 Å². The largest absolute Gasteiger partial charge is 0.439 e. The molecule has 0 saturated heterocycles. The van der Waals surface area contributed by atoms with Gasteiger partial charge in [0.05, 0.1) is 0 Å². The van der Waals surface area contributed by atoms with Crippen molar-refractivity contribution in [1.29, 1.82) is 0 Å². The van der Waals surface area contributed by atoms with Crippen molar-refractivity contribution in [2.45, 2.75) is 44.0 Å². The molecule has 0 aliphatic carbocycles. The van der Waals surface area contributed by atoms with Gasteiger partial charge in [-0.15, -0.1) is 0 Å². The maximum Gasteiger partial charge on any atom is 0.223 e. The van der Waals surface area contributed by atoms with Gasteiger partial charge in [0.2, 0.25) is 5.88 Å². The highest BCUT2D eigenvalue weighted by molar-refractivity contribution is 7.98. The predicted octanol–water partition coefficient (Wildman–Crippen LogP) is 6.53. The van der Waals surface area contributed by atoms with Crippen LogP contribution in [0, 0.1) is 11.6 Å². The topological polar surface area (TPSA) is 35.0 Å². The van der Waals surface area contributed by atoms with E-state index in [1.807, 2.05) is 31.2 Å². The standard InChI is InChI=1S/C22H22F2N2OS/c1-4-15-12-21(27-20-11-6-5-8-16(20)14(2)3)26-22(25-15)28-13-17-18(23)9-7-10-19(17)24/h5-12,14H,4,13H2,1-3H3. The van der Waals surface area contributed by atoms with E-state index in [1.165, 1.54) is 30.0 Å². The minimum absolute atomic E-state index is 0.0191. The number of thioether (sulfide) groups is 1. The maximum absolute atomic E-state index is 13.9. The van der Waals surface area contributed by atoms with Crippen molar-refractivity contribution >= 4 is 11.8 Å². The van der Waals surface area contributed by atoms with Crippen molar-refractivity contribution in [2.24, 2.45) is 0 Å². The first-order chi connectivity index (χ1) is 13.5. The molecule has 28 heavy (non-hydrogen) atoms. The van der Waals surface area contributed by atoms with Crippen molar-refractivity contribution in [1.82, 2.24) is 9.97 Å². The molecule has 0 bridgehead atoms. The average molecular weight is 400 g/mol. The molecule has 1 aromatic heterocycles. The molecular formula is C22H22F2N2OS. The highest BCUT2D eigenvalue weighted by Crippen LogP contribution is 2.31. The zero-order valence-corrected chi connectivity index (χ0v) is 16.9. The maximum atomic E-state index is 13.9. The monoisotopic (exact) mass is 400 g/mol. The highest BCUT2D eigenvalue weighted by Gasteiger charge is 2.13. The molecule has 3 rings (SSSR count). The van der Waals surface area contributed by atoms with Crippen LogP contribution in [0.5, 0.6) is 11.6 Å². The van der Waals surface area contributed by atoms with Crippen LogP contribution in [0.15, 0.2) is 53.7 Å². The lowest BCUT2D eigenvalue weighted by molar-refractivity contribution is 0.446. The molecule has 0 unspecified atom stereocenters. The molecule has 0 N–H and O–H groups in total. The third-order valence-electron chi connectivity index (χ3n) is 4.26. The van der Waals surface area contributed by atoms with Gasteiger partial charge >= 0.3 is 0 Å². The van der Waals surface area contributed by atoms with E-state index in [9.17, 15) is 8.78 Å². The van der Waals surface area contributed by atoms with Crippen molar-refractivity contribution in [3.05, 3.63) is 77.0 Å². The first-order valence-electron chi connectivity index (χ1n) is 9.18. The Morgan fingerprint density at radius 2 is 1.71 bits per heavy atom. The Balaban J connectivity index is 1.85. The molecule has 0 spiro atoms. The summed E-state index contributed by atoms with van der Waals surface area (Å²) in [5.41, 5.74) is 1.91. The van der Waals surface area contributed by atoms with Crippen LogP contribution in [0.1, 0.15) is 43.5 Å². The van der Waals surface area contributed by atoms with E-state index in [-0.39, 0.29) is 11.3 Å². The molecule has 1 heterocycles. The van der Waals surface area contributed by atoms with Gasteiger partial charge in [-0.3, -0.25) is 0 Å². The third-order valence-corrected chi connectivity index (χ3v) is 5.13. The molecular weight excluding hydrogens is 378 g/mol. The molecule has 0 fully saturated rings. The van der Waals surface area contributed by atoms with Crippen molar-refractivity contribution in [3.8, 4) is 11.6 Å². The van der Waals surface area contributed by atoms with E-state index in [2.05, 4.69) is 23.8 Å². The Bertz CT molecular complexity index is 943. The number of ether oxygens (including phenoxy) is 1. The second-order valence-electron chi connectivity index (χ2n) is 6.62. The van der Waals surface area contributed by atoms with Crippen LogP contribution in [0.2, 0.25) is 0 Å². The predicted molar refractivity (Wildman–Crippen MR) is 108 cm³/mol. The minimum atomic E-state index is -0.568. The van der Waals surface area contributed by atoms with Gasteiger partial charge in [-0.25, -0.2) is 13.8 Å². The van der Waals surface area contributed by atoms with E-state index >= 15 is 0 Å². The normalized spacial score (nSPS) is 11.1. The number of halogens is 2. The molecule has 146 valence electrons. The second kappa shape index (κ2) is 9.15. The van der Waals surface area contributed by atoms with Gasteiger partial charge in [-0.05, 0) is 36.1 Å². The Labute approximate surface area is 168 Å². The van der Waals surface area contributed by atoms with Crippen molar-refractivity contribution < 1.29 is 13.5 Å². The van der Waals surface area contributed by atoms with Gasteiger partial charge in [-0.2, -0.15) is 4.98 Å². The Morgan fingerprint density at radius 3 is 2.39 bits per heavy atom. The number of para-hydroxylation sites is 1. The molecule has 6 heteroatoms. The first kappa shape index (κ1) is 20.3. The van der Waals surface area contributed by atoms with Gasteiger partial charge in [0.15, 0.2) is 5.16 Å². The summed E-state index contributed by atoms with van der Waals surface area (Å²) in [5.74, 6) is 0.448. The summed E-state index contributed by atoms with van der Waals surface area (Å²) >= 11 is 1.18. The summed E-state index contributed by atoms with van der Waals surface area (Å²) in [7, 11) is 0. The lowest BCUT2D eigenvalue weighted by Crippen LogP contribution is -2.00. The van der Waals surface area contributed by atoms with Crippen LogP contribution < -0.4 is 4.74 Å². The SMILES string of the molecule is CCc1cc(Oc2ccccc2C(C)C)nc(SCc2c(F)cccc2F)n1. The Morgan fingerprint density at radius 1 is 1.00 bits per heavy atom. The number of hydrogen-bond donors (Lipinski definition) is 0. The second-order valence-corrected chi connectivity index (χ2v) is 7.56. The lowest BCUT2D eigenvalue weighted by atomic mass is 10.0. The third kappa shape index (κ3) is 4.87. The number of aryl methyl sites for hydroxylation is 1. The summed E-state index contributed by atoms with van der Waals surface area (Å²) in [5, 5.41) is 0.430. The van der Waals surface area contributed by atoms with E-state index in [4.69, 9.17) is 4.74 Å². The Kier molecular flexibility index (Phi) is 6.62. The fourth-order valence-electron chi connectivity index (χ4n) is 2.72. The van der Waals surface area contributed by atoms with Gasteiger partial charge in [0.1, 0.15) is 17.4 Å². The molecule has 2 aromatic carbocycles. The first-order valence-corrected chi connectivity index (χ1v) is 10.2. The Hall–Kier alpha value is -2.47. The number of hydrogen-bond acceptors (Lipinski definition) is 4. The van der Waals surface area contributed by atoms with E-state index in [0.29, 0.717) is 23.4 Å². The van der Waals surface area contributed by atoms with Gasteiger partial charge in [0, 0.05) is 23.1 Å². The lowest BCUT2D eigenvalue weighted by Gasteiger charge is -2.14. The van der Waals surface area contributed by atoms with Crippen LogP contribution in [0.3, 0.4) is 0 Å². The van der Waals surface area contributed by atoms with Crippen molar-refractivity contribution in [2.75, 3.05) is 0 Å². The van der Waals surface area contributed by atoms with Crippen molar-refractivity contribution in [3.63, 3.8) is 0 Å². The number of nitrogens with zero attached hydrogens (tertiary/aromatic N) is 2. The fraction of sp³-hybridized carbons (Fsp3) is 0.273. The van der Waals surface area contributed by atoms with E-state index in [1.54, 1.807) is 6.07 Å². The van der Waals surface area contributed by atoms with Crippen LogP contribution in [-0.2, 0) is 12.2 Å². The summed E-state index contributed by atoms with van der Waals surface area (Å²) < 4.78 is 33.8. The minimum Gasteiger partial charge on any atom is -0.439 e. The fourth-order valence-corrected chi connectivity index (χ4v) is 3.60. The quantitative estimate of drug-likeness (QED) is 0.334. The molecule has 0 radical (unpaired) electrons. The van der Waals surface area contributed by atoms with Crippen LogP contribution >= 0.6 is 11.8 Å². The average Bonchev–Trinajstić information content (AvgIpc) is 2.67. The number of benzene rings is 2. The summed E-state index contributed by atoms with van der Waals surface area (Å²) in [4.78, 5) is 8.89. The summed E-state index contributed by atoms with van der Waals surface area (Å²) in [6.07, 6.45) is 0.701. The summed E-state index contributed by atoms with van der Waals surface area (Å²) in [6.45, 7) is 6.19. The molecule has 0 saturated carbocycles. The zero-order chi connectivity index (χ0) is 20.1. The molecule has 0 atom stereocenters. The molecule has 0 aliphatic rings. The number of rotatable bonds is 7. The molecule has 0 amide bonds. The number of aromatic nitrogens is 2. The zero-order valence-electron chi connectivity index (χ0n) is 16.1. The highest BCUT2D eigenvalue weighted by atomic mass is 32.2. The van der Waals surface area contributed by atoms with E-state index < -0.39 is 11.6 Å². The molecule has 0 aliphatic heterocycles. The van der Waals surface area contributed by atoms with Crippen LogP contribution in [0.25, 0.3) is 0 Å². The smallest absolute Gasteiger partial charge is 0.223 e. The summed E-state index contributed by atoms with van der Waals surface area (Å²) in [6, 6.07) is 13.5. The van der Waals surface area contributed by atoms with Crippen LogP contribution in [0.4, 0.5) is 8.78 Å². The molecule has 3 nitrogen and oxygen atoms in total. The van der Waals surface area contributed by atoms with Gasteiger partial charge in [-0.1, -0.05) is 56.8 Å².